The van der Waals surface area contributed by atoms with Gasteiger partial charge >= 0.3 is 12.0 Å². The van der Waals surface area contributed by atoms with Gasteiger partial charge in [0, 0.05) is 25.7 Å². The topological polar surface area (TPSA) is 98.7 Å². The molecule has 4 N–H and O–H groups in total. The average Bonchev–Trinajstić information content (AvgIpc) is 3.44. The van der Waals surface area contributed by atoms with Crippen LogP contribution >= 0.6 is 11.8 Å². The third-order valence-corrected chi connectivity index (χ3v) is 11.1. The van der Waals surface area contributed by atoms with Crippen LogP contribution < -0.4 is 10.6 Å². The minimum absolute atomic E-state index is 0.0566. The van der Waals surface area contributed by atoms with Gasteiger partial charge in [-0.05, 0) is 64.9 Å². The second-order valence-electron chi connectivity index (χ2n) is 12.0. The number of hydrogen-bond acceptors (Lipinski definition) is 4. The molecule has 0 bridgehead atoms. The molecule has 2 amide bonds. The van der Waals surface area contributed by atoms with Crippen LogP contribution in [0.15, 0.2) is 54.6 Å². The molecule has 2 heterocycles. The summed E-state index contributed by atoms with van der Waals surface area (Å²) in [6.07, 6.45) is 4.21. The Morgan fingerprint density at radius 1 is 1.03 bits per heavy atom. The zero-order valence-corrected chi connectivity index (χ0v) is 25.1. The monoisotopic (exact) mass is 566 g/mol. The van der Waals surface area contributed by atoms with Gasteiger partial charge in [0.15, 0.2) is 0 Å². The molecule has 8 heteroatoms. The Bertz CT molecular complexity index is 1290. The van der Waals surface area contributed by atoms with E-state index in [4.69, 9.17) is 5.11 Å². The van der Waals surface area contributed by atoms with E-state index in [1.165, 1.54) is 27.1 Å². The minimum Gasteiger partial charge on any atom is -0.481 e. The molecular weight excluding hydrogens is 525 g/mol. The molecule has 0 spiro atoms. The summed E-state index contributed by atoms with van der Waals surface area (Å²) >= 11 is 1.90. The number of benzene rings is 3. The van der Waals surface area contributed by atoms with Gasteiger partial charge in [0.2, 0.25) is 0 Å². The van der Waals surface area contributed by atoms with E-state index < -0.39 is 14.0 Å². The van der Waals surface area contributed by atoms with E-state index in [0.29, 0.717) is 5.25 Å². The van der Waals surface area contributed by atoms with E-state index in [9.17, 15) is 14.7 Å². The number of aliphatic hydroxyl groups is 1. The van der Waals surface area contributed by atoms with Gasteiger partial charge in [-0.3, -0.25) is 4.79 Å². The molecule has 0 saturated carbocycles. The molecule has 4 atom stereocenters. The Morgan fingerprint density at radius 2 is 1.74 bits per heavy atom. The van der Waals surface area contributed by atoms with E-state index in [2.05, 4.69) is 84.9 Å². The highest BCUT2D eigenvalue weighted by molar-refractivity contribution is 8.00. The predicted molar refractivity (Wildman–Crippen MR) is 165 cm³/mol. The van der Waals surface area contributed by atoms with Gasteiger partial charge in [-0.15, -0.1) is 0 Å². The molecule has 1 unspecified atom stereocenters. The van der Waals surface area contributed by atoms with Gasteiger partial charge in [-0.1, -0.05) is 74.6 Å². The molecule has 0 aromatic heterocycles. The lowest BCUT2D eigenvalue weighted by atomic mass is 9.96. The first-order chi connectivity index (χ1) is 18.6. The number of hydrogen-bond donors (Lipinski definition) is 4. The Labute approximate surface area is 237 Å². The number of aliphatic hydroxyl groups excluding tert-OH is 1. The molecule has 3 aromatic rings. The molecule has 2 aliphatic rings. The summed E-state index contributed by atoms with van der Waals surface area (Å²) in [6, 6.07) is 20.6. The summed E-state index contributed by atoms with van der Waals surface area (Å²) in [5.41, 5.74) is 1.22. The fourth-order valence-electron chi connectivity index (χ4n) is 5.58. The lowest BCUT2D eigenvalue weighted by Crippen LogP contribution is -2.36. The number of thioether (sulfide) groups is 1. The average molecular weight is 567 g/mol. The first-order valence-electron chi connectivity index (χ1n) is 14.1. The zero-order valence-electron chi connectivity index (χ0n) is 23.3. The van der Waals surface area contributed by atoms with E-state index in [-0.39, 0.29) is 30.6 Å². The summed E-state index contributed by atoms with van der Waals surface area (Å²) in [7, 11) is -1.18. The van der Waals surface area contributed by atoms with Crippen LogP contribution in [0.25, 0.3) is 21.5 Å². The molecule has 6 nitrogen and oxygen atoms in total. The number of carbonyl (C=O) groups excluding carboxylic acids is 1. The Hall–Kier alpha value is -2.55. The first kappa shape index (κ1) is 29.4. The second kappa shape index (κ2) is 13.2. The fourth-order valence-corrected chi connectivity index (χ4v) is 8.34. The lowest BCUT2D eigenvalue weighted by molar-refractivity contribution is -0.142. The fraction of sp³-hybridized carbons (Fsp3) is 0.484. The lowest BCUT2D eigenvalue weighted by Gasteiger charge is -2.20. The van der Waals surface area contributed by atoms with E-state index in [1.54, 1.807) is 0 Å². The van der Waals surface area contributed by atoms with E-state index in [0.717, 1.165) is 43.9 Å². The van der Waals surface area contributed by atoms with Crippen molar-refractivity contribution in [2.75, 3.05) is 12.4 Å². The number of carboxylic acid groups (broad SMARTS) is 1. The number of fused-ring (bicyclic) bond motifs is 3. The van der Waals surface area contributed by atoms with Crippen LogP contribution in [0.4, 0.5) is 4.79 Å². The van der Waals surface area contributed by atoms with Gasteiger partial charge in [0.05, 0.1) is 18.0 Å². The molecule has 5 rings (SSSR count). The van der Waals surface area contributed by atoms with Crippen molar-refractivity contribution in [3.05, 3.63) is 60.2 Å². The molecule has 2 fully saturated rings. The van der Waals surface area contributed by atoms with Crippen molar-refractivity contribution < 1.29 is 19.8 Å². The Balaban J connectivity index is 0.000000186. The van der Waals surface area contributed by atoms with E-state index >= 15 is 0 Å². The smallest absolute Gasteiger partial charge is 0.315 e. The van der Waals surface area contributed by atoms with Crippen LogP contribution in [0.1, 0.15) is 31.2 Å². The van der Waals surface area contributed by atoms with Crippen molar-refractivity contribution in [2.45, 2.75) is 75.1 Å². The van der Waals surface area contributed by atoms with Gasteiger partial charge < -0.3 is 20.8 Å². The molecule has 0 aliphatic carbocycles. The first-order valence-corrected chi connectivity index (χ1v) is 18.8. The number of aliphatic carboxylic acids is 1. The maximum absolute atomic E-state index is 11.4. The summed E-state index contributed by atoms with van der Waals surface area (Å²) in [5.74, 6) is 0.114. The van der Waals surface area contributed by atoms with Crippen molar-refractivity contribution in [3.63, 3.8) is 0 Å². The van der Waals surface area contributed by atoms with Gasteiger partial charge in [-0.2, -0.15) is 11.8 Å². The molecule has 210 valence electrons. The van der Waals surface area contributed by atoms with Crippen molar-refractivity contribution in [1.82, 2.24) is 10.6 Å². The summed E-state index contributed by atoms with van der Waals surface area (Å²) in [4.78, 5) is 22.8. The summed E-state index contributed by atoms with van der Waals surface area (Å²) in [5, 5.41) is 29.9. The van der Waals surface area contributed by atoms with Crippen molar-refractivity contribution in [3.8, 4) is 0 Å². The third kappa shape index (κ3) is 7.99. The quantitative estimate of drug-likeness (QED) is 0.132. The number of nitrogens with one attached hydrogen (secondary N) is 2. The number of carboxylic acids is 1. The summed E-state index contributed by atoms with van der Waals surface area (Å²) < 4.78 is 0. The van der Waals surface area contributed by atoms with Crippen LogP contribution in [-0.4, -0.2) is 60.0 Å². The maximum Gasteiger partial charge on any atom is 0.315 e. The highest BCUT2D eigenvalue weighted by atomic mass is 32.2. The second-order valence-corrected chi connectivity index (χ2v) is 18.9. The van der Waals surface area contributed by atoms with Crippen LogP contribution in [0, 0.1) is 5.92 Å². The summed E-state index contributed by atoms with van der Waals surface area (Å²) in [6.45, 7) is 7.07. The minimum atomic E-state index is -1.18. The Morgan fingerprint density at radius 3 is 2.44 bits per heavy atom. The highest BCUT2D eigenvalue weighted by Crippen LogP contribution is 2.34. The largest absolute Gasteiger partial charge is 0.481 e. The molecule has 3 aromatic carbocycles. The Kier molecular flexibility index (Phi) is 9.96. The predicted octanol–water partition coefficient (Wildman–Crippen LogP) is 6.28. The van der Waals surface area contributed by atoms with Crippen LogP contribution in [-0.2, 0) is 11.2 Å². The van der Waals surface area contributed by atoms with Crippen molar-refractivity contribution in [2.24, 2.45) is 5.92 Å². The maximum atomic E-state index is 11.4. The number of rotatable bonds is 10. The third-order valence-electron chi connectivity index (χ3n) is 7.79. The standard InChI is InChI=1S/C16H14O.C15H28N2O3SSi/c17-9-8-12-6-3-7-15-10-13-4-1-2-5-14(13)11-16(12)15;1-22(2,3)8-7-10(14(18)19)5-4-6-12-13-11(9-21-12)16-15(20)17-13/h1-7,10-11,17H,8-9H2;10-13H,4-9H2,1-3H3,(H,18,19)(H2,16,17,20)/t;10?,11-,12-,13-/m.0/s1. The van der Waals surface area contributed by atoms with Gasteiger partial charge in [0.1, 0.15) is 0 Å². The SMILES string of the molecule is C[Si](C)(C)CCC(CCC[C@@H]1SC[C@@H]2NC(=O)N[C@@H]21)C(=O)O.OCCc1cccc2cc3ccccc3cc12. The van der Waals surface area contributed by atoms with Crippen LogP contribution in [0.2, 0.25) is 25.7 Å². The number of carbonyl (C=O) groups is 2. The van der Waals surface area contributed by atoms with Gasteiger partial charge in [-0.25, -0.2) is 4.79 Å². The number of urea groups is 1. The highest BCUT2D eigenvalue weighted by Gasteiger charge is 2.42. The zero-order chi connectivity index (χ0) is 28.0. The van der Waals surface area contributed by atoms with Crippen molar-refractivity contribution in [1.29, 1.82) is 0 Å². The van der Waals surface area contributed by atoms with Gasteiger partial charge in [0.25, 0.3) is 0 Å². The normalized spacial score (nSPS) is 21.1. The van der Waals surface area contributed by atoms with E-state index in [1.807, 2.05) is 11.8 Å². The number of amides is 2. The van der Waals surface area contributed by atoms with Crippen LogP contribution in [0.3, 0.4) is 0 Å². The molecule has 2 aliphatic heterocycles. The van der Waals surface area contributed by atoms with Crippen LogP contribution in [0.5, 0.6) is 0 Å². The molecular formula is C31H42N2O4SSi. The molecule has 2 saturated heterocycles. The van der Waals surface area contributed by atoms with Crippen molar-refractivity contribution >= 4 is 53.4 Å². The molecule has 39 heavy (non-hydrogen) atoms. The molecule has 0 radical (unpaired) electrons.